The third kappa shape index (κ3) is 25.0. The molecule has 0 spiro atoms. The molecule has 0 aliphatic carbocycles. The normalized spacial score (nSPS) is 9.37. The molecule has 0 saturated carbocycles. The predicted molar refractivity (Wildman–Crippen MR) is 103 cm³/mol. The van der Waals surface area contributed by atoms with Crippen LogP contribution in [0, 0.1) is 0 Å². The van der Waals surface area contributed by atoms with Crippen molar-refractivity contribution in [1.29, 1.82) is 0 Å². The Kier molecular flexibility index (Phi) is 26.6. The van der Waals surface area contributed by atoms with Gasteiger partial charge in [0.1, 0.15) is 0 Å². The van der Waals surface area contributed by atoms with Gasteiger partial charge in [0.25, 0.3) is 0 Å². The first kappa shape index (κ1) is 23.0. The van der Waals surface area contributed by atoms with Gasteiger partial charge in [-0.15, -0.1) is 0 Å². The summed E-state index contributed by atoms with van der Waals surface area (Å²) in [5, 5.41) is 0. The largest absolute Gasteiger partial charge is 0.0623 e. The fourth-order valence-corrected chi connectivity index (χ4v) is 2.76. The maximum Gasteiger partial charge on any atom is -0.0623 e. The molecule has 0 amide bonds. The molecule has 0 fully saturated rings. The molecule has 0 saturated heterocycles. The van der Waals surface area contributed by atoms with Gasteiger partial charge in [0.15, 0.2) is 0 Å². The molecule has 5 heteroatoms. The van der Waals surface area contributed by atoms with E-state index in [4.69, 9.17) is 0 Å². The van der Waals surface area contributed by atoms with Gasteiger partial charge in [-0.2, -0.15) is 0 Å². The molecule has 1 nitrogen and oxygen atoms in total. The first-order valence-electron chi connectivity index (χ1n) is 6.51. The van der Waals surface area contributed by atoms with E-state index in [0.717, 1.165) is 12.3 Å². The number of unbranched alkanes of at least 4 members (excludes halogenated alkanes) is 2. The maximum atomic E-state index is 9.38. The summed E-state index contributed by atoms with van der Waals surface area (Å²) in [6.07, 6.45) is 6.95. The van der Waals surface area contributed by atoms with Gasteiger partial charge in [-0.25, -0.2) is 0 Å². The molecule has 19 heavy (non-hydrogen) atoms. The van der Waals surface area contributed by atoms with E-state index in [-0.39, 0.29) is 0 Å². The maximum absolute atomic E-state index is 9.38. The average molecular weight is 595 g/mol. The molecule has 0 unspecified atom stereocenters. The van der Waals surface area contributed by atoms with Crippen LogP contribution >= 0.6 is 47.6 Å². The van der Waals surface area contributed by atoms with E-state index in [1.165, 1.54) is 25.7 Å². The molecule has 0 heterocycles. The molecule has 114 valence electrons. The van der Waals surface area contributed by atoms with E-state index in [0.29, 0.717) is 10.1 Å². The van der Waals surface area contributed by atoms with Crippen molar-refractivity contribution in [2.75, 3.05) is 12.3 Å². The minimum atomic E-state index is -0.592. The molecule has 0 aliphatic heterocycles. The zero-order chi connectivity index (χ0) is 14.8. The summed E-state index contributed by atoms with van der Waals surface area (Å²) in [5.74, 6) is 0. The van der Waals surface area contributed by atoms with Crippen LogP contribution in [0.5, 0.6) is 0 Å². The predicted octanol–water partition coefficient (Wildman–Crippen LogP) is 6.43. The van der Waals surface area contributed by atoms with Crippen molar-refractivity contribution < 1.29 is 15.0 Å². The second kappa shape index (κ2) is 22.0. The van der Waals surface area contributed by atoms with Crippen molar-refractivity contribution in [1.82, 2.24) is 0 Å². The fraction of sp³-hybridized carbons (Fsp3) is 0.571. The Balaban J connectivity index is 0. The van der Waals surface area contributed by atoms with Crippen LogP contribution in [0.4, 0.5) is 0 Å². The van der Waals surface area contributed by atoms with Crippen LogP contribution in [0.2, 0.25) is 0 Å². The summed E-state index contributed by atoms with van der Waals surface area (Å²) in [4.78, 5) is 9.38. The summed E-state index contributed by atoms with van der Waals surface area (Å²) in [6.45, 7) is 4.34. The van der Waals surface area contributed by atoms with Crippen LogP contribution in [-0.2, 0) is 10.1 Å². The second-order valence-electron chi connectivity index (χ2n) is 3.87. The Morgan fingerprint density at radius 3 is 1.32 bits per heavy atom. The van der Waals surface area contributed by atoms with Gasteiger partial charge >= 0.3 is 49.6 Å². The van der Waals surface area contributed by atoms with Crippen LogP contribution in [-0.4, -0.2) is 17.2 Å². The van der Waals surface area contributed by atoms with Crippen LogP contribution < -0.4 is 0 Å². The van der Waals surface area contributed by atoms with Gasteiger partial charge in [0.05, 0.1) is 0 Å². The van der Waals surface area contributed by atoms with Crippen LogP contribution in [0.15, 0.2) is 36.4 Å². The molecular weight excluding hydrogens is 570 g/mol. The van der Waals surface area contributed by atoms with Gasteiger partial charge < -0.3 is 4.89 Å². The number of halogens is 2. The topological polar surface area (TPSA) is 20.2 Å². The summed E-state index contributed by atoms with van der Waals surface area (Å²) < 4.78 is 0. The minimum absolute atomic E-state index is 0.592. The first-order chi connectivity index (χ1) is 9.22. The molecule has 1 rings (SSSR count). The Labute approximate surface area is 149 Å². The Hall–Kier alpha value is 1.69. The number of hydrogen-bond acceptors (Lipinski definition) is 1. The number of benzene rings is 1. The van der Waals surface area contributed by atoms with E-state index in [1.807, 2.05) is 36.4 Å². The van der Waals surface area contributed by atoms with Crippen molar-refractivity contribution in [3.8, 4) is 0 Å². The zero-order valence-electron chi connectivity index (χ0n) is 11.7. The standard InChI is InChI=1S/C8H19OP.C6H6.2HI.Ru/c1-3-5-7-10(9)8-6-4-2;1-2-4-6-5-3-1;;;/h9H,3-8H2,1-2H3;1-6H;2*1H;/q;;;;+2/p-2. The van der Waals surface area contributed by atoms with Crippen molar-refractivity contribution in [2.45, 2.75) is 39.5 Å². The monoisotopic (exact) mass is 596 g/mol. The van der Waals surface area contributed by atoms with Gasteiger partial charge in [0, 0.05) is 8.15 Å². The minimum Gasteiger partial charge on any atom is -0.0623 e. The van der Waals surface area contributed by atoms with E-state index in [2.05, 4.69) is 53.3 Å². The van der Waals surface area contributed by atoms with Gasteiger partial charge in [0.2, 0.25) is 0 Å². The van der Waals surface area contributed by atoms with Crippen molar-refractivity contribution >= 4 is 47.6 Å². The fourth-order valence-electron chi connectivity index (χ4n) is 1.18. The second-order valence-corrected chi connectivity index (χ2v) is 19.2. The summed E-state index contributed by atoms with van der Waals surface area (Å²) in [5.41, 5.74) is 0. The third-order valence-corrected chi connectivity index (χ3v) is 3.87. The Morgan fingerprint density at radius 1 is 0.842 bits per heavy atom. The van der Waals surface area contributed by atoms with E-state index in [1.54, 1.807) is 0 Å². The molecule has 1 N–H and O–H groups in total. The van der Waals surface area contributed by atoms with Gasteiger partial charge in [-0.3, -0.25) is 0 Å². The molecule has 0 radical (unpaired) electrons. The number of rotatable bonds is 6. The smallest absolute Gasteiger partial charge is 0.0623 e. The summed E-state index contributed by atoms with van der Waals surface area (Å²) in [7, 11) is 0.0577. The molecule has 1 aromatic rings. The zero-order valence-corrected chi connectivity index (χ0v) is 18.7. The van der Waals surface area contributed by atoms with Crippen molar-refractivity contribution in [3.05, 3.63) is 36.4 Å². The van der Waals surface area contributed by atoms with Crippen molar-refractivity contribution in [3.63, 3.8) is 0 Å². The number of hydrogen-bond donors (Lipinski definition) is 1. The average Bonchev–Trinajstić information content (AvgIpc) is 2.46. The molecule has 0 atom stereocenters. The van der Waals surface area contributed by atoms with Crippen LogP contribution in [0.25, 0.3) is 0 Å². The summed E-state index contributed by atoms with van der Waals surface area (Å²) >= 11 is 4.73. The molecule has 1 aromatic carbocycles. The van der Waals surface area contributed by atoms with E-state index in [9.17, 15) is 4.89 Å². The summed E-state index contributed by atoms with van der Waals surface area (Å²) in [6, 6.07) is 12.0. The molecule has 0 bridgehead atoms. The first-order valence-corrected chi connectivity index (χ1v) is 18.5. The SMILES string of the molecule is CCCCP(O)CCCC.[I][Ru][I].c1ccccc1. The van der Waals surface area contributed by atoms with Crippen LogP contribution in [0.1, 0.15) is 39.5 Å². The molecular formula is C14H25I2OPRu. The third-order valence-electron chi connectivity index (χ3n) is 2.21. The quantitative estimate of drug-likeness (QED) is 0.229. The molecule has 0 aromatic heterocycles. The van der Waals surface area contributed by atoms with E-state index >= 15 is 0 Å². The van der Waals surface area contributed by atoms with Gasteiger partial charge in [-0.1, -0.05) is 63.1 Å². The van der Waals surface area contributed by atoms with E-state index < -0.39 is 8.15 Å². The van der Waals surface area contributed by atoms with Crippen molar-refractivity contribution in [2.24, 2.45) is 0 Å². The van der Waals surface area contributed by atoms with Crippen LogP contribution in [0.3, 0.4) is 0 Å². The van der Waals surface area contributed by atoms with Gasteiger partial charge in [-0.05, 0) is 25.2 Å². The Bertz CT molecular complexity index is 205. The Morgan fingerprint density at radius 2 is 1.11 bits per heavy atom. The molecule has 0 aliphatic rings.